The molecule has 0 radical (unpaired) electrons. The van der Waals surface area contributed by atoms with E-state index in [4.69, 9.17) is 15.1 Å². The number of nitrogens with two attached hydrogens (primary N) is 1. The second kappa shape index (κ2) is 6.82. The lowest BCUT2D eigenvalue weighted by molar-refractivity contribution is 0.572. The second-order valence-corrected chi connectivity index (χ2v) is 6.67. The molecule has 2 N–H and O–H groups in total. The van der Waals surface area contributed by atoms with Crippen LogP contribution in [0, 0.1) is 11.3 Å². The van der Waals surface area contributed by atoms with E-state index in [1.165, 1.54) is 10.9 Å². The number of aromatic nitrogens is 7. The molecular weight excluding hydrogens is 382 g/mol. The summed E-state index contributed by atoms with van der Waals surface area (Å²) in [5, 5.41) is 18.2. The number of hydrogen-bond donors (Lipinski definition) is 1. The summed E-state index contributed by atoms with van der Waals surface area (Å²) in [6.07, 6.45) is 5.22. The zero-order chi connectivity index (χ0) is 20.7. The fourth-order valence-electron chi connectivity index (χ4n) is 3.31. The molecule has 0 amide bonds. The Morgan fingerprint density at radius 1 is 1.20 bits per heavy atom. The van der Waals surface area contributed by atoms with Crippen molar-refractivity contribution in [1.29, 1.82) is 5.26 Å². The molecular formula is C20H15N9O. The Kier molecular flexibility index (Phi) is 4.00. The summed E-state index contributed by atoms with van der Waals surface area (Å²) in [5.74, 6) is 1.19. The first-order valence-corrected chi connectivity index (χ1v) is 9.05. The summed E-state index contributed by atoms with van der Waals surface area (Å²) in [6.45, 7) is 0. The fraction of sp³-hybridized carbons (Fsp3) is 0.100. The van der Waals surface area contributed by atoms with Gasteiger partial charge < -0.3 is 10.2 Å². The predicted octanol–water partition coefficient (Wildman–Crippen LogP) is 2.22. The molecule has 5 aromatic rings. The maximum Gasteiger partial charge on any atom is 0.223 e. The summed E-state index contributed by atoms with van der Waals surface area (Å²) in [4.78, 5) is 13.3. The Morgan fingerprint density at radius 3 is 2.83 bits per heavy atom. The Labute approximate surface area is 170 Å². The number of oxazole rings is 1. The number of fused-ring (bicyclic) bond motifs is 1. The van der Waals surface area contributed by atoms with Gasteiger partial charge in [0.15, 0.2) is 23.6 Å². The molecule has 4 aromatic heterocycles. The minimum atomic E-state index is 0.172. The van der Waals surface area contributed by atoms with Gasteiger partial charge in [0.05, 0.1) is 41.2 Å². The number of aryl methyl sites for hydroxylation is 1. The van der Waals surface area contributed by atoms with Crippen molar-refractivity contribution in [1.82, 2.24) is 34.3 Å². The molecule has 10 heteroatoms. The smallest absolute Gasteiger partial charge is 0.223 e. The van der Waals surface area contributed by atoms with Crippen molar-refractivity contribution < 1.29 is 4.42 Å². The molecule has 0 bridgehead atoms. The van der Waals surface area contributed by atoms with Crippen LogP contribution in [0.25, 0.3) is 28.2 Å². The summed E-state index contributed by atoms with van der Waals surface area (Å²) in [6, 6.07) is 11.1. The average molecular weight is 397 g/mol. The van der Waals surface area contributed by atoms with Crippen molar-refractivity contribution in [3.8, 4) is 28.7 Å². The zero-order valence-electron chi connectivity index (χ0n) is 15.9. The molecule has 0 saturated heterocycles. The first-order chi connectivity index (χ1) is 14.6. The summed E-state index contributed by atoms with van der Waals surface area (Å²) in [7, 11) is 1.85. The SMILES string of the molecule is Cn1ccc(Cc2nc3c(-c4cnco4)c(-c4cccc(C#N)c4)nc(N)n3n2)n1. The fourth-order valence-corrected chi connectivity index (χ4v) is 3.31. The Bertz CT molecular complexity index is 1410. The highest BCUT2D eigenvalue weighted by Crippen LogP contribution is 2.35. The van der Waals surface area contributed by atoms with Crippen LogP contribution in [-0.4, -0.2) is 34.3 Å². The number of anilines is 1. The molecule has 0 aliphatic heterocycles. The molecule has 0 unspecified atom stereocenters. The van der Waals surface area contributed by atoms with Crippen LogP contribution in [0.4, 0.5) is 5.95 Å². The van der Waals surface area contributed by atoms with Crippen molar-refractivity contribution in [3.63, 3.8) is 0 Å². The van der Waals surface area contributed by atoms with E-state index in [0.29, 0.717) is 46.0 Å². The molecule has 10 nitrogen and oxygen atoms in total. The second-order valence-electron chi connectivity index (χ2n) is 6.67. The van der Waals surface area contributed by atoms with Crippen LogP contribution in [0.1, 0.15) is 17.1 Å². The molecule has 0 fully saturated rings. The summed E-state index contributed by atoms with van der Waals surface area (Å²) < 4.78 is 8.77. The van der Waals surface area contributed by atoms with E-state index in [9.17, 15) is 5.26 Å². The third kappa shape index (κ3) is 2.94. The van der Waals surface area contributed by atoms with Gasteiger partial charge in [-0.1, -0.05) is 12.1 Å². The minimum absolute atomic E-state index is 0.172. The molecule has 0 aliphatic carbocycles. The van der Waals surface area contributed by atoms with Crippen LogP contribution < -0.4 is 5.73 Å². The van der Waals surface area contributed by atoms with E-state index in [2.05, 4.69) is 26.2 Å². The molecule has 146 valence electrons. The van der Waals surface area contributed by atoms with Crippen molar-refractivity contribution in [2.75, 3.05) is 5.73 Å². The number of nitrogen functional groups attached to an aromatic ring is 1. The van der Waals surface area contributed by atoms with Crippen LogP contribution in [0.3, 0.4) is 0 Å². The Hall–Kier alpha value is -4.52. The lowest BCUT2D eigenvalue weighted by atomic mass is 10.0. The van der Waals surface area contributed by atoms with Crippen LogP contribution in [0.15, 0.2) is 53.5 Å². The summed E-state index contributed by atoms with van der Waals surface area (Å²) in [5.41, 5.74) is 9.89. The van der Waals surface area contributed by atoms with Crippen molar-refractivity contribution in [2.24, 2.45) is 7.05 Å². The maximum absolute atomic E-state index is 9.28. The van der Waals surface area contributed by atoms with Gasteiger partial charge in [0, 0.05) is 18.8 Å². The molecule has 4 heterocycles. The molecule has 0 saturated carbocycles. The van der Waals surface area contributed by atoms with Crippen molar-refractivity contribution in [2.45, 2.75) is 6.42 Å². The standard InChI is InChI=1S/C20H15N9O/c1-28-6-5-14(26-28)8-16-24-19-17(15-10-23-11-30-15)18(25-20(22)29(19)27-16)13-4-2-3-12(7-13)9-21/h2-7,10-11H,8H2,1H3,(H2,22,25). The molecule has 0 aliphatic rings. The van der Waals surface area contributed by atoms with E-state index in [1.54, 1.807) is 29.1 Å². The van der Waals surface area contributed by atoms with Crippen LogP contribution in [-0.2, 0) is 13.5 Å². The normalized spacial score (nSPS) is 11.1. The highest BCUT2D eigenvalue weighted by atomic mass is 16.3. The first kappa shape index (κ1) is 17.6. The molecule has 0 atom stereocenters. The third-order valence-corrected chi connectivity index (χ3v) is 4.61. The van der Waals surface area contributed by atoms with E-state index in [1.807, 2.05) is 25.4 Å². The topological polar surface area (TPSA) is 137 Å². The zero-order valence-corrected chi connectivity index (χ0v) is 15.9. The van der Waals surface area contributed by atoms with E-state index < -0.39 is 0 Å². The van der Waals surface area contributed by atoms with Gasteiger partial charge in [-0.2, -0.15) is 14.9 Å². The minimum Gasteiger partial charge on any atom is -0.443 e. The quantitative estimate of drug-likeness (QED) is 0.487. The highest BCUT2D eigenvalue weighted by molar-refractivity contribution is 5.88. The van der Waals surface area contributed by atoms with Crippen LogP contribution in [0.2, 0.25) is 0 Å². The number of nitrogens with zero attached hydrogens (tertiary/aromatic N) is 8. The van der Waals surface area contributed by atoms with Gasteiger partial charge in [-0.25, -0.2) is 15.0 Å². The van der Waals surface area contributed by atoms with Gasteiger partial charge in [-0.3, -0.25) is 4.68 Å². The van der Waals surface area contributed by atoms with Gasteiger partial charge >= 0.3 is 0 Å². The van der Waals surface area contributed by atoms with Crippen LogP contribution in [0.5, 0.6) is 0 Å². The van der Waals surface area contributed by atoms with E-state index in [-0.39, 0.29) is 5.95 Å². The number of benzene rings is 1. The maximum atomic E-state index is 9.28. The van der Waals surface area contributed by atoms with E-state index >= 15 is 0 Å². The number of rotatable bonds is 4. The summed E-state index contributed by atoms with van der Waals surface area (Å²) >= 11 is 0. The monoisotopic (exact) mass is 397 g/mol. The van der Waals surface area contributed by atoms with Gasteiger partial charge in [-0.15, -0.1) is 5.10 Å². The van der Waals surface area contributed by atoms with Gasteiger partial charge in [0.25, 0.3) is 0 Å². The predicted molar refractivity (Wildman–Crippen MR) is 107 cm³/mol. The Balaban J connectivity index is 1.74. The van der Waals surface area contributed by atoms with Crippen LogP contribution >= 0.6 is 0 Å². The van der Waals surface area contributed by atoms with Crippen molar-refractivity contribution >= 4 is 11.6 Å². The molecule has 1 aromatic carbocycles. The lowest BCUT2D eigenvalue weighted by Crippen LogP contribution is -2.05. The third-order valence-electron chi connectivity index (χ3n) is 4.61. The highest BCUT2D eigenvalue weighted by Gasteiger charge is 2.22. The first-order valence-electron chi connectivity index (χ1n) is 9.05. The molecule has 0 spiro atoms. The molecule has 5 rings (SSSR count). The number of nitriles is 1. The van der Waals surface area contributed by atoms with E-state index in [0.717, 1.165) is 5.69 Å². The van der Waals surface area contributed by atoms with Crippen molar-refractivity contribution in [3.05, 3.63) is 66.2 Å². The van der Waals surface area contributed by atoms with Gasteiger partial charge in [0.2, 0.25) is 5.95 Å². The molecule has 30 heavy (non-hydrogen) atoms. The average Bonchev–Trinajstić information content (AvgIpc) is 3.50. The Morgan fingerprint density at radius 2 is 2.10 bits per heavy atom. The lowest BCUT2D eigenvalue weighted by Gasteiger charge is -2.09. The van der Waals surface area contributed by atoms with Gasteiger partial charge in [-0.05, 0) is 18.2 Å². The van der Waals surface area contributed by atoms with Gasteiger partial charge in [0.1, 0.15) is 0 Å². The number of hydrogen-bond acceptors (Lipinski definition) is 8. The largest absolute Gasteiger partial charge is 0.443 e.